The number of benzene rings is 2. The van der Waals surface area contributed by atoms with Gasteiger partial charge in [-0.2, -0.15) is 0 Å². The first kappa shape index (κ1) is 19.2. The van der Waals surface area contributed by atoms with Gasteiger partial charge in [-0.25, -0.2) is 0 Å². The number of aryl methyl sites for hydroxylation is 1. The van der Waals surface area contributed by atoms with Crippen molar-refractivity contribution in [3.8, 4) is 16.9 Å². The van der Waals surface area contributed by atoms with Gasteiger partial charge in [-0.1, -0.05) is 69.7 Å². The molecule has 0 aliphatic rings. The summed E-state index contributed by atoms with van der Waals surface area (Å²) in [5, 5.41) is 8.66. The second-order valence-electron chi connectivity index (χ2n) is 3.96. The van der Waals surface area contributed by atoms with Crippen LogP contribution in [-0.2, 0) is 0 Å². The van der Waals surface area contributed by atoms with Crippen LogP contribution < -0.4 is 4.74 Å². The highest BCUT2D eigenvalue weighted by Gasteiger charge is 1.98. The van der Waals surface area contributed by atoms with Gasteiger partial charge in [-0.05, 0) is 30.2 Å². The van der Waals surface area contributed by atoms with E-state index in [0.29, 0.717) is 6.61 Å². The molecule has 0 aromatic heterocycles. The Balaban J connectivity index is 0.000000921. The van der Waals surface area contributed by atoms with Gasteiger partial charge in [0.1, 0.15) is 12.4 Å². The first-order chi connectivity index (χ1) is 10.3. The molecule has 21 heavy (non-hydrogen) atoms. The second kappa shape index (κ2) is 12.0. The van der Waals surface area contributed by atoms with Crippen molar-refractivity contribution in [3.63, 3.8) is 0 Å². The molecule has 0 radical (unpaired) electrons. The monoisotopic (exact) mass is 288 g/mol. The molecular weight excluding hydrogens is 260 g/mol. The van der Waals surface area contributed by atoms with Gasteiger partial charge >= 0.3 is 0 Å². The molecular formula is C19H28O2. The molecule has 2 rings (SSSR count). The molecule has 0 unspecified atom stereocenters. The Bertz CT molecular complexity index is 458. The minimum absolute atomic E-state index is 0.0414. The molecule has 2 aromatic carbocycles. The Kier molecular flexibility index (Phi) is 11.0. The van der Waals surface area contributed by atoms with E-state index in [4.69, 9.17) is 9.84 Å². The predicted octanol–water partition coefficient (Wildman–Crippen LogP) is 5.09. The molecule has 0 saturated carbocycles. The van der Waals surface area contributed by atoms with E-state index in [1.165, 1.54) is 16.7 Å². The molecule has 2 nitrogen and oxygen atoms in total. The summed E-state index contributed by atoms with van der Waals surface area (Å²) < 4.78 is 5.32. The molecule has 0 fully saturated rings. The van der Waals surface area contributed by atoms with E-state index in [1.807, 2.05) is 52.0 Å². The van der Waals surface area contributed by atoms with Gasteiger partial charge in [-0.15, -0.1) is 0 Å². The Morgan fingerprint density at radius 1 is 0.762 bits per heavy atom. The van der Waals surface area contributed by atoms with E-state index in [9.17, 15) is 0 Å². The largest absolute Gasteiger partial charge is 0.491 e. The van der Waals surface area contributed by atoms with E-state index in [-0.39, 0.29) is 6.61 Å². The Morgan fingerprint density at radius 3 is 1.62 bits per heavy atom. The number of rotatable bonds is 4. The SMILES string of the molecule is CC.CC.Cc1ccc(-c2ccc(OCCO)cc2)cc1. The van der Waals surface area contributed by atoms with E-state index >= 15 is 0 Å². The second-order valence-corrected chi connectivity index (χ2v) is 3.96. The van der Waals surface area contributed by atoms with Gasteiger partial charge in [0.2, 0.25) is 0 Å². The molecule has 1 N–H and O–H groups in total. The molecule has 0 aliphatic heterocycles. The number of aliphatic hydroxyl groups excluding tert-OH is 1. The molecule has 0 aliphatic carbocycles. The van der Waals surface area contributed by atoms with Crippen LogP contribution in [0.2, 0.25) is 0 Å². The quantitative estimate of drug-likeness (QED) is 0.849. The molecule has 2 heteroatoms. The maximum atomic E-state index is 8.66. The van der Waals surface area contributed by atoms with Gasteiger partial charge in [0.05, 0.1) is 6.61 Å². The molecule has 2 aromatic rings. The Morgan fingerprint density at radius 2 is 1.19 bits per heavy atom. The normalized spacial score (nSPS) is 8.86. The fourth-order valence-corrected chi connectivity index (χ4v) is 1.65. The molecule has 0 amide bonds. The minimum atomic E-state index is 0.0414. The van der Waals surface area contributed by atoms with E-state index in [2.05, 4.69) is 31.2 Å². The number of hydrogen-bond acceptors (Lipinski definition) is 2. The highest BCUT2D eigenvalue weighted by Crippen LogP contribution is 2.22. The first-order valence-electron chi connectivity index (χ1n) is 7.70. The van der Waals surface area contributed by atoms with Crippen LogP contribution in [0.5, 0.6) is 5.75 Å². The van der Waals surface area contributed by atoms with Gasteiger partial charge in [-0.3, -0.25) is 0 Å². The molecule has 0 saturated heterocycles. The smallest absolute Gasteiger partial charge is 0.119 e. The van der Waals surface area contributed by atoms with E-state index in [1.54, 1.807) is 0 Å². The van der Waals surface area contributed by atoms with Crippen molar-refractivity contribution < 1.29 is 9.84 Å². The lowest BCUT2D eigenvalue weighted by molar-refractivity contribution is 0.201. The summed E-state index contributed by atoms with van der Waals surface area (Å²) in [6.45, 7) is 10.5. The van der Waals surface area contributed by atoms with Crippen molar-refractivity contribution in [1.82, 2.24) is 0 Å². The van der Waals surface area contributed by atoms with Crippen molar-refractivity contribution in [2.24, 2.45) is 0 Å². The number of hydrogen-bond donors (Lipinski definition) is 1. The lowest BCUT2D eigenvalue weighted by Crippen LogP contribution is -2.01. The third-order valence-corrected chi connectivity index (χ3v) is 2.60. The summed E-state index contributed by atoms with van der Waals surface area (Å²) >= 11 is 0. The topological polar surface area (TPSA) is 29.5 Å². The van der Waals surface area contributed by atoms with Crippen LogP contribution in [0.4, 0.5) is 0 Å². The zero-order chi connectivity index (χ0) is 16.1. The predicted molar refractivity (Wildman–Crippen MR) is 91.9 cm³/mol. The van der Waals surface area contributed by atoms with Crippen LogP contribution in [0.25, 0.3) is 11.1 Å². The van der Waals surface area contributed by atoms with Crippen LogP contribution in [0, 0.1) is 6.92 Å². The maximum Gasteiger partial charge on any atom is 0.119 e. The van der Waals surface area contributed by atoms with Crippen molar-refractivity contribution in [2.45, 2.75) is 34.6 Å². The van der Waals surface area contributed by atoms with Crippen molar-refractivity contribution in [1.29, 1.82) is 0 Å². The van der Waals surface area contributed by atoms with Crippen LogP contribution in [-0.4, -0.2) is 18.3 Å². The highest BCUT2D eigenvalue weighted by molar-refractivity contribution is 5.64. The number of ether oxygens (including phenoxy) is 1. The van der Waals surface area contributed by atoms with Crippen molar-refractivity contribution >= 4 is 0 Å². The van der Waals surface area contributed by atoms with Crippen LogP contribution >= 0.6 is 0 Å². The lowest BCUT2D eigenvalue weighted by atomic mass is 10.0. The van der Waals surface area contributed by atoms with E-state index in [0.717, 1.165) is 5.75 Å². The summed E-state index contributed by atoms with van der Waals surface area (Å²) in [6.07, 6.45) is 0. The average molecular weight is 288 g/mol. The Labute approximate surface area is 129 Å². The fraction of sp³-hybridized carbons (Fsp3) is 0.368. The summed E-state index contributed by atoms with van der Waals surface area (Å²) in [6, 6.07) is 16.3. The molecule has 0 atom stereocenters. The van der Waals surface area contributed by atoms with Crippen LogP contribution in [0.1, 0.15) is 33.3 Å². The zero-order valence-corrected chi connectivity index (χ0v) is 13.9. The summed E-state index contributed by atoms with van der Waals surface area (Å²) in [5.41, 5.74) is 3.63. The van der Waals surface area contributed by atoms with Gasteiger partial charge in [0, 0.05) is 0 Å². The van der Waals surface area contributed by atoms with Gasteiger partial charge in [0.25, 0.3) is 0 Å². The third-order valence-electron chi connectivity index (χ3n) is 2.60. The highest BCUT2D eigenvalue weighted by atomic mass is 16.5. The van der Waals surface area contributed by atoms with Gasteiger partial charge < -0.3 is 9.84 Å². The van der Waals surface area contributed by atoms with Gasteiger partial charge in [0.15, 0.2) is 0 Å². The van der Waals surface area contributed by atoms with Crippen LogP contribution in [0.3, 0.4) is 0 Å². The molecule has 0 bridgehead atoms. The van der Waals surface area contributed by atoms with Crippen molar-refractivity contribution in [3.05, 3.63) is 54.1 Å². The van der Waals surface area contributed by atoms with Crippen LogP contribution in [0.15, 0.2) is 48.5 Å². The third kappa shape index (κ3) is 6.96. The Hall–Kier alpha value is -1.80. The standard InChI is InChI=1S/C15H16O2.2C2H6/c1-12-2-4-13(5-3-12)14-6-8-15(9-7-14)17-11-10-16;2*1-2/h2-9,16H,10-11H2,1H3;2*1-2H3. The number of aliphatic hydroxyl groups is 1. The fourth-order valence-electron chi connectivity index (χ4n) is 1.65. The summed E-state index contributed by atoms with van der Waals surface area (Å²) in [4.78, 5) is 0. The summed E-state index contributed by atoms with van der Waals surface area (Å²) in [7, 11) is 0. The zero-order valence-electron chi connectivity index (χ0n) is 13.9. The lowest BCUT2D eigenvalue weighted by Gasteiger charge is -2.06. The van der Waals surface area contributed by atoms with Crippen molar-refractivity contribution in [2.75, 3.05) is 13.2 Å². The molecule has 0 heterocycles. The maximum absolute atomic E-state index is 8.66. The minimum Gasteiger partial charge on any atom is -0.491 e. The molecule has 116 valence electrons. The first-order valence-corrected chi connectivity index (χ1v) is 7.70. The molecule has 0 spiro atoms. The van der Waals surface area contributed by atoms with E-state index < -0.39 is 0 Å². The summed E-state index contributed by atoms with van der Waals surface area (Å²) in [5.74, 6) is 0.787. The average Bonchev–Trinajstić information content (AvgIpc) is 2.58.